The molecule has 2 N–H and O–H groups in total. The Morgan fingerprint density at radius 2 is 2.44 bits per heavy atom. The van der Waals surface area contributed by atoms with Crippen LogP contribution in [0.15, 0.2) is 17.6 Å². The molecule has 0 atom stereocenters. The first-order valence-corrected chi connectivity index (χ1v) is 5.90. The number of amides is 1. The number of nitrogens with two attached hydrogens (primary N) is 1. The summed E-state index contributed by atoms with van der Waals surface area (Å²) in [6.07, 6.45) is 6.49. The highest BCUT2D eigenvalue weighted by Crippen LogP contribution is 2.13. The summed E-state index contributed by atoms with van der Waals surface area (Å²) < 4.78 is 5.04. The van der Waals surface area contributed by atoms with Crippen LogP contribution in [-0.4, -0.2) is 28.7 Å². The third-order valence-electron chi connectivity index (χ3n) is 1.72. The number of nitrogens with zero attached hydrogens (tertiary/aromatic N) is 2. The van der Waals surface area contributed by atoms with Gasteiger partial charge in [0.05, 0.1) is 12.9 Å². The number of rotatable bonds is 5. The largest absolute Gasteiger partial charge is 0.501 e. The Labute approximate surface area is 98.1 Å². The van der Waals surface area contributed by atoms with E-state index in [0.29, 0.717) is 17.3 Å². The fourth-order valence-electron chi connectivity index (χ4n) is 1.01. The van der Waals surface area contributed by atoms with Crippen molar-refractivity contribution >= 4 is 23.7 Å². The van der Waals surface area contributed by atoms with Crippen LogP contribution in [0.25, 0.3) is 6.08 Å². The summed E-state index contributed by atoms with van der Waals surface area (Å²) in [6.45, 7) is 2.43. The SMILES string of the molecule is CCO/C=C/c1cnc(SC)nc1C(N)=O. The maximum atomic E-state index is 11.2. The molecular formula is C10H13N3O2S. The average Bonchev–Trinajstić information content (AvgIpc) is 2.29. The normalized spacial score (nSPS) is 10.6. The molecule has 16 heavy (non-hydrogen) atoms. The second-order valence-corrected chi connectivity index (χ2v) is 3.56. The van der Waals surface area contributed by atoms with E-state index < -0.39 is 5.91 Å². The van der Waals surface area contributed by atoms with E-state index in [1.807, 2.05) is 13.2 Å². The molecule has 0 spiro atoms. The van der Waals surface area contributed by atoms with Crippen molar-refractivity contribution in [2.45, 2.75) is 12.1 Å². The van der Waals surface area contributed by atoms with Gasteiger partial charge in [-0.1, -0.05) is 11.8 Å². The molecule has 1 aromatic rings. The Hall–Kier alpha value is -1.56. The zero-order valence-corrected chi connectivity index (χ0v) is 9.95. The lowest BCUT2D eigenvalue weighted by atomic mass is 10.2. The predicted molar refractivity (Wildman–Crippen MR) is 63.0 cm³/mol. The van der Waals surface area contributed by atoms with E-state index >= 15 is 0 Å². The fraction of sp³-hybridized carbons (Fsp3) is 0.300. The number of carbonyl (C=O) groups excluding carboxylic acids is 1. The number of primary amides is 1. The lowest BCUT2D eigenvalue weighted by Crippen LogP contribution is -2.15. The van der Waals surface area contributed by atoms with Gasteiger partial charge < -0.3 is 10.5 Å². The van der Waals surface area contributed by atoms with Gasteiger partial charge in [-0.25, -0.2) is 9.97 Å². The van der Waals surface area contributed by atoms with Crippen LogP contribution in [0.5, 0.6) is 0 Å². The minimum absolute atomic E-state index is 0.204. The summed E-state index contributed by atoms with van der Waals surface area (Å²) in [5, 5.41) is 0.516. The molecule has 0 radical (unpaired) electrons. The maximum Gasteiger partial charge on any atom is 0.268 e. The minimum atomic E-state index is -0.575. The van der Waals surface area contributed by atoms with Crippen molar-refractivity contribution in [3.05, 3.63) is 23.7 Å². The van der Waals surface area contributed by atoms with E-state index in [9.17, 15) is 4.79 Å². The van der Waals surface area contributed by atoms with E-state index in [2.05, 4.69) is 9.97 Å². The Balaban J connectivity index is 3.03. The third-order valence-corrected chi connectivity index (χ3v) is 2.28. The molecule has 0 saturated carbocycles. The predicted octanol–water partition coefficient (Wildman–Crippen LogP) is 1.30. The molecule has 0 aromatic carbocycles. The van der Waals surface area contributed by atoms with Crippen LogP contribution in [0.1, 0.15) is 23.0 Å². The standard InChI is InChI=1S/C10H13N3O2S/c1-3-15-5-4-7-6-12-10(16-2)13-8(7)9(11)14/h4-6H,3H2,1-2H3,(H2,11,14)/b5-4+. The number of thioether (sulfide) groups is 1. The van der Waals surface area contributed by atoms with E-state index in [-0.39, 0.29) is 5.69 Å². The van der Waals surface area contributed by atoms with Crippen molar-refractivity contribution in [1.82, 2.24) is 9.97 Å². The van der Waals surface area contributed by atoms with E-state index in [1.165, 1.54) is 18.0 Å². The molecule has 5 nitrogen and oxygen atoms in total. The highest BCUT2D eigenvalue weighted by Gasteiger charge is 2.09. The second-order valence-electron chi connectivity index (χ2n) is 2.78. The van der Waals surface area contributed by atoms with E-state index in [1.54, 1.807) is 12.3 Å². The molecule has 1 amide bonds. The number of hydrogen-bond acceptors (Lipinski definition) is 5. The Bertz CT molecular complexity index is 407. The first kappa shape index (κ1) is 12.5. The van der Waals surface area contributed by atoms with Gasteiger partial charge in [-0.3, -0.25) is 4.79 Å². The topological polar surface area (TPSA) is 78.1 Å². The molecule has 0 bridgehead atoms. The van der Waals surface area contributed by atoms with Gasteiger partial charge in [0.1, 0.15) is 5.69 Å². The number of hydrogen-bond donors (Lipinski definition) is 1. The van der Waals surface area contributed by atoms with Crippen LogP contribution in [0, 0.1) is 0 Å². The zero-order chi connectivity index (χ0) is 12.0. The van der Waals surface area contributed by atoms with Crippen molar-refractivity contribution in [3.8, 4) is 0 Å². The molecule has 1 heterocycles. The van der Waals surface area contributed by atoms with Gasteiger partial charge in [-0.2, -0.15) is 0 Å². The molecular weight excluding hydrogens is 226 g/mol. The van der Waals surface area contributed by atoms with Crippen molar-refractivity contribution in [1.29, 1.82) is 0 Å². The summed E-state index contributed by atoms with van der Waals surface area (Å²) in [4.78, 5) is 19.3. The van der Waals surface area contributed by atoms with Gasteiger partial charge in [0.15, 0.2) is 5.16 Å². The Kier molecular flexibility index (Phi) is 4.78. The molecule has 6 heteroatoms. The van der Waals surface area contributed by atoms with Gasteiger partial charge >= 0.3 is 0 Å². The third kappa shape index (κ3) is 3.23. The molecule has 0 saturated heterocycles. The van der Waals surface area contributed by atoms with Gasteiger partial charge in [0.25, 0.3) is 5.91 Å². The number of aromatic nitrogens is 2. The molecule has 0 aliphatic carbocycles. The molecule has 1 rings (SSSR count). The van der Waals surface area contributed by atoms with Gasteiger partial charge in [0.2, 0.25) is 0 Å². The number of carbonyl (C=O) groups is 1. The Morgan fingerprint density at radius 1 is 1.69 bits per heavy atom. The molecule has 0 aliphatic rings. The summed E-state index contributed by atoms with van der Waals surface area (Å²) >= 11 is 1.35. The van der Waals surface area contributed by atoms with Gasteiger partial charge in [-0.05, 0) is 19.3 Å². The molecule has 0 aliphatic heterocycles. The summed E-state index contributed by atoms with van der Waals surface area (Å²) in [6, 6.07) is 0. The highest BCUT2D eigenvalue weighted by atomic mass is 32.2. The summed E-state index contributed by atoms with van der Waals surface area (Å²) in [5.41, 5.74) is 5.99. The minimum Gasteiger partial charge on any atom is -0.501 e. The van der Waals surface area contributed by atoms with Crippen molar-refractivity contribution in [2.75, 3.05) is 12.9 Å². The van der Waals surface area contributed by atoms with Crippen LogP contribution in [-0.2, 0) is 4.74 Å². The van der Waals surface area contributed by atoms with Crippen LogP contribution in [0.4, 0.5) is 0 Å². The van der Waals surface area contributed by atoms with Gasteiger partial charge in [0, 0.05) is 11.8 Å². The molecule has 86 valence electrons. The molecule has 0 unspecified atom stereocenters. The zero-order valence-electron chi connectivity index (χ0n) is 9.14. The van der Waals surface area contributed by atoms with Crippen LogP contribution in [0.3, 0.4) is 0 Å². The monoisotopic (exact) mass is 239 g/mol. The van der Waals surface area contributed by atoms with E-state index in [0.717, 1.165) is 0 Å². The molecule has 1 aromatic heterocycles. The smallest absolute Gasteiger partial charge is 0.268 e. The quantitative estimate of drug-likeness (QED) is 0.476. The molecule has 0 fully saturated rings. The second kappa shape index (κ2) is 6.12. The van der Waals surface area contributed by atoms with Gasteiger partial charge in [-0.15, -0.1) is 0 Å². The first-order chi connectivity index (χ1) is 7.69. The van der Waals surface area contributed by atoms with E-state index in [4.69, 9.17) is 10.5 Å². The lowest BCUT2D eigenvalue weighted by Gasteiger charge is -2.02. The maximum absolute atomic E-state index is 11.2. The summed E-state index contributed by atoms with van der Waals surface area (Å²) in [5.74, 6) is -0.575. The highest BCUT2D eigenvalue weighted by molar-refractivity contribution is 7.98. The fourth-order valence-corrected chi connectivity index (χ4v) is 1.35. The lowest BCUT2D eigenvalue weighted by molar-refractivity contribution is 0.0994. The average molecular weight is 239 g/mol. The number of ether oxygens (including phenoxy) is 1. The Morgan fingerprint density at radius 3 is 3.00 bits per heavy atom. The van der Waals surface area contributed by atoms with Crippen LogP contribution >= 0.6 is 11.8 Å². The van der Waals surface area contributed by atoms with Crippen molar-refractivity contribution in [3.63, 3.8) is 0 Å². The van der Waals surface area contributed by atoms with Crippen LogP contribution in [0.2, 0.25) is 0 Å². The first-order valence-electron chi connectivity index (χ1n) is 4.68. The van der Waals surface area contributed by atoms with Crippen molar-refractivity contribution < 1.29 is 9.53 Å². The van der Waals surface area contributed by atoms with Crippen LogP contribution < -0.4 is 5.73 Å². The summed E-state index contributed by atoms with van der Waals surface area (Å²) in [7, 11) is 0. The van der Waals surface area contributed by atoms with Crippen molar-refractivity contribution in [2.24, 2.45) is 5.73 Å².